The Labute approximate surface area is 97.7 Å². The predicted octanol–water partition coefficient (Wildman–Crippen LogP) is 1.75. The lowest BCUT2D eigenvalue weighted by molar-refractivity contribution is 0.0691. The van der Waals surface area contributed by atoms with Gasteiger partial charge < -0.3 is 9.84 Å². The Hall–Kier alpha value is -2.43. The monoisotopic (exact) mass is 230 g/mol. The first-order valence-corrected chi connectivity index (χ1v) is 4.97. The molecule has 0 atom stereocenters. The minimum absolute atomic E-state index is 0.0935. The summed E-state index contributed by atoms with van der Waals surface area (Å²) in [7, 11) is 0. The molecule has 2 heterocycles. The average Bonchev–Trinajstić information content (AvgIpc) is 2.38. The second kappa shape index (κ2) is 5.07. The molecule has 0 bridgehead atoms. The first-order chi connectivity index (χ1) is 8.27. The Balaban J connectivity index is 2.12. The maximum Gasteiger partial charge on any atom is 0.339 e. The van der Waals surface area contributed by atoms with E-state index in [1.807, 2.05) is 6.07 Å². The number of pyridine rings is 2. The summed E-state index contributed by atoms with van der Waals surface area (Å²) in [4.78, 5) is 18.8. The third-order valence-electron chi connectivity index (χ3n) is 2.12. The molecular weight excluding hydrogens is 220 g/mol. The molecule has 0 fully saturated rings. The molecule has 0 saturated carbocycles. The van der Waals surface area contributed by atoms with Crippen molar-refractivity contribution in [3.8, 4) is 5.75 Å². The maximum atomic E-state index is 10.9. The lowest BCUT2D eigenvalue weighted by Crippen LogP contribution is -2.04. The van der Waals surface area contributed by atoms with E-state index < -0.39 is 5.97 Å². The van der Waals surface area contributed by atoms with Gasteiger partial charge in [0.25, 0.3) is 0 Å². The van der Waals surface area contributed by atoms with Crippen molar-refractivity contribution in [1.82, 2.24) is 9.97 Å². The van der Waals surface area contributed by atoms with Crippen molar-refractivity contribution in [2.24, 2.45) is 0 Å². The van der Waals surface area contributed by atoms with Crippen LogP contribution in [0.1, 0.15) is 16.1 Å². The molecule has 17 heavy (non-hydrogen) atoms. The molecule has 2 aromatic rings. The normalized spacial score (nSPS) is 9.88. The van der Waals surface area contributed by atoms with Crippen molar-refractivity contribution >= 4 is 5.97 Å². The molecule has 0 aromatic carbocycles. The van der Waals surface area contributed by atoms with Gasteiger partial charge in [-0.2, -0.15) is 0 Å². The molecule has 0 unspecified atom stereocenters. The summed E-state index contributed by atoms with van der Waals surface area (Å²) in [6.07, 6.45) is 4.45. The van der Waals surface area contributed by atoms with E-state index in [0.717, 1.165) is 5.69 Å². The lowest BCUT2D eigenvalue weighted by atomic mass is 10.2. The van der Waals surface area contributed by atoms with Crippen LogP contribution in [0.15, 0.2) is 42.9 Å². The molecule has 2 rings (SSSR count). The summed E-state index contributed by atoms with van der Waals surface area (Å²) in [5.74, 6) is -0.797. The fraction of sp³-hybridized carbons (Fsp3) is 0.0833. The summed E-state index contributed by atoms with van der Waals surface area (Å²) in [5, 5.41) is 8.94. The van der Waals surface area contributed by atoms with Crippen LogP contribution < -0.4 is 4.74 Å². The molecule has 0 radical (unpaired) electrons. The van der Waals surface area contributed by atoms with Crippen molar-refractivity contribution in [3.63, 3.8) is 0 Å². The third kappa shape index (κ3) is 2.78. The molecule has 86 valence electrons. The van der Waals surface area contributed by atoms with Crippen LogP contribution in [0.25, 0.3) is 0 Å². The largest absolute Gasteiger partial charge is 0.485 e. The minimum atomic E-state index is -1.04. The van der Waals surface area contributed by atoms with Crippen LogP contribution in [0, 0.1) is 0 Å². The molecular formula is C12H10N2O3. The molecule has 0 aliphatic heterocycles. The van der Waals surface area contributed by atoms with Gasteiger partial charge in [0, 0.05) is 12.4 Å². The Morgan fingerprint density at radius 3 is 2.88 bits per heavy atom. The number of rotatable bonds is 4. The Kier molecular flexibility index (Phi) is 3.30. The van der Waals surface area contributed by atoms with E-state index in [1.54, 1.807) is 18.3 Å². The number of carboxylic acid groups (broad SMARTS) is 1. The highest BCUT2D eigenvalue weighted by Crippen LogP contribution is 2.17. The van der Waals surface area contributed by atoms with Gasteiger partial charge in [0.1, 0.15) is 12.2 Å². The minimum Gasteiger partial charge on any atom is -0.485 e. The van der Waals surface area contributed by atoms with Crippen LogP contribution in [0.3, 0.4) is 0 Å². The van der Waals surface area contributed by atoms with Gasteiger partial charge in [0.2, 0.25) is 0 Å². The standard InChI is InChI=1S/C12H10N2O3/c15-12(16)10-4-6-13-7-11(10)17-8-9-3-1-2-5-14-9/h1-7H,8H2,(H,15,16). The summed E-state index contributed by atoms with van der Waals surface area (Å²) in [6.45, 7) is 0.215. The van der Waals surface area contributed by atoms with Crippen LogP contribution in [0.5, 0.6) is 5.75 Å². The van der Waals surface area contributed by atoms with Gasteiger partial charge in [-0.3, -0.25) is 9.97 Å². The molecule has 2 aromatic heterocycles. The highest BCUT2D eigenvalue weighted by Gasteiger charge is 2.10. The van der Waals surface area contributed by atoms with Gasteiger partial charge in [0.15, 0.2) is 5.75 Å². The van der Waals surface area contributed by atoms with Gasteiger partial charge >= 0.3 is 5.97 Å². The second-order valence-electron chi connectivity index (χ2n) is 3.29. The second-order valence-corrected chi connectivity index (χ2v) is 3.29. The average molecular weight is 230 g/mol. The zero-order chi connectivity index (χ0) is 12.1. The van der Waals surface area contributed by atoms with Gasteiger partial charge in [0.05, 0.1) is 11.9 Å². The van der Waals surface area contributed by atoms with Gasteiger partial charge in [-0.15, -0.1) is 0 Å². The predicted molar refractivity (Wildman–Crippen MR) is 59.8 cm³/mol. The first kappa shape index (κ1) is 11.1. The smallest absolute Gasteiger partial charge is 0.339 e. The molecule has 0 saturated heterocycles. The third-order valence-corrected chi connectivity index (χ3v) is 2.12. The highest BCUT2D eigenvalue weighted by molar-refractivity contribution is 5.90. The van der Waals surface area contributed by atoms with Crippen LogP contribution in [0.2, 0.25) is 0 Å². The van der Waals surface area contributed by atoms with E-state index >= 15 is 0 Å². The van der Waals surface area contributed by atoms with Crippen molar-refractivity contribution < 1.29 is 14.6 Å². The Morgan fingerprint density at radius 2 is 2.18 bits per heavy atom. The summed E-state index contributed by atoms with van der Waals surface area (Å²) in [6, 6.07) is 6.84. The van der Waals surface area contributed by atoms with Crippen molar-refractivity contribution in [2.45, 2.75) is 6.61 Å². The van der Waals surface area contributed by atoms with Crippen molar-refractivity contribution in [3.05, 3.63) is 54.1 Å². The van der Waals surface area contributed by atoms with E-state index in [0.29, 0.717) is 0 Å². The number of aromatic carboxylic acids is 1. The van der Waals surface area contributed by atoms with E-state index in [1.165, 1.54) is 18.5 Å². The molecule has 5 heteroatoms. The van der Waals surface area contributed by atoms with Crippen LogP contribution in [-0.4, -0.2) is 21.0 Å². The summed E-state index contributed by atoms with van der Waals surface area (Å²) in [5.41, 5.74) is 0.823. The fourth-order valence-corrected chi connectivity index (χ4v) is 1.31. The molecule has 0 aliphatic rings. The number of carbonyl (C=O) groups is 1. The zero-order valence-electron chi connectivity index (χ0n) is 8.91. The fourth-order valence-electron chi connectivity index (χ4n) is 1.31. The Bertz CT molecular complexity index is 514. The van der Waals surface area contributed by atoms with E-state index in [9.17, 15) is 4.79 Å². The van der Waals surface area contributed by atoms with Crippen LogP contribution in [-0.2, 0) is 6.61 Å². The topological polar surface area (TPSA) is 72.3 Å². The molecule has 0 amide bonds. The first-order valence-electron chi connectivity index (χ1n) is 4.97. The van der Waals surface area contributed by atoms with Gasteiger partial charge in [-0.05, 0) is 18.2 Å². The molecule has 5 nitrogen and oxygen atoms in total. The highest BCUT2D eigenvalue weighted by atomic mass is 16.5. The van der Waals surface area contributed by atoms with Crippen molar-refractivity contribution in [2.75, 3.05) is 0 Å². The SMILES string of the molecule is O=C(O)c1ccncc1OCc1ccccn1. The Morgan fingerprint density at radius 1 is 1.29 bits per heavy atom. The lowest BCUT2D eigenvalue weighted by Gasteiger charge is -2.07. The number of hydrogen-bond donors (Lipinski definition) is 1. The number of carboxylic acids is 1. The number of nitrogens with zero attached hydrogens (tertiary/aromatic N) is 2. The van der Waals surface area contributed by atoms with Gasteiger partial charge in [-0.25, -0.2) is 4.79 Å². The zero-order valence-corrected chi connectivity index (χ0v) is 8.91. The van der Waals surface area contributed by atoms with E-state index in [-0.39, 0.29) is 17.9 Å². The molecule has 0 spiro atoms. The maximum absolute atomic E-state index is 10.9. The van der Waals surface area contributed by atoms with Crippen LogP contribution >= 0.6 is 0 Å². The van der Waals surface area contributed by atoms with E-state index in [2.05, 4.69) is 9.97 Å². The number of aromatic nitrogens is 2. The van der Waals surface area contributed by atoms with Crippen molar-refractivity contribution in [1.29, 1.82) is 0 Å². The summed E-state index contributed by atoms with van der Waals surface area (Å²) < 4.78 is 5.38. The number of ether oxygens (including phenoxy) is 1. The van der Waals surface area contributed by atoms with E-state index in [4.69, 9.17) is 9.84 Å². The summed E-state index contributed by atoms with van der Waals surface area (Å²) >= 11 is 0. The quantitative estimate of drug-likeness (QED) is 0.866. The molecule has 0 aliphatic carbocycles. The number of hydrogen-bond acceptors (Lipinski definition) is 4. The van der Waals surface area contributed by atoms with Gasteiger partial charge in [-0.1, -0.05) is 6.07 Å². The van der Waals surface area contributed by atoms with Crippen LogP contribution in [0.4, 0.5) is 0 Å². The molecule has 1 N–H and O–H groups in total.